The van der Waals surface area contributed by atoms with Crippen LogP contribution < -0.4 is 4.74 Å². The fourth-order valence-electron chi connectivity index (χ4n) is 3.34. The van der Waals surface area contributed by atoms with Crippen LogP contribution in [0.25, 0.3) is 0 Å². The molecule has 1 atom stereocenters. The fourth-order valence-corrected chi connectivity index (χ4v) is 5.71. The summed E-state index contributed by atoms with van der Waals surface area (Å²) in [5.74, 6) is 0.817. The molecule has 0 aliphatic carbocycles. The minimum atomic E-state index is -3.62. The normalized spacial score (nSPS) is 12.8. The Kier molecular flexibility index (Phi) is 7.51. The van der Waals surface area contributed by atoms with E-state index in [9.17, 15) is 8.42 Å². The third kappa shape index (κ3) is 5.93. The zero-order chi connectivity index (χ0) is 22.6. The lowest BCUT2D eigenvalue weighted by molar-refractivity contribution is 0.302. The molecule has 0 aliphatic heterocycles. The predicted octanol–water partition coefficient (Wildman–Crippen LogP) is 5.64. The zero-order valence-corrected chi connectivity index (χ0v) is 20.4. The molecule has 1 unspecified atom stereocenters. The van der Waals surface area contributed by atoms with Crippen molar-refractivity contribution in [3.8, 4) is 5.75 Å². The van der Waals surface area contributed by atoms with E-state index in [4.69, 9.17) is 4.74 Å². The summed E-state index contributed by atoms with van der Waals surface area (Å²) in [6.45, 7) is 10.6. The highest BCUT2D eigenvalue weighted by atomic mass is 32.2. The van der Waals surface area contributed by atoms with Gasteiger partial charge in [0.1, 0.15) is 17.4 Å². The van der Waals surface area contributed by atoms with Crippen molar-refractivity contribution in [3.63, 3.8) is 0 Å². The highest BCUT2D eigenvalue weighted by Crippen LogP contribution is 2.24. The summed E-state index contributed by atoms with van der Waals surface area (Å²) in [6, 6.07) is 13.0. The molecule has 0 spiro atoms. The van der Waals surface area contributed by atoms with Crippen molar-refractivity contribution >= 4 is 21.4 Å². The van der Waals surface area contributed by atoms with Crippen LogP contribution in [0.4, 0.5) is 0 Å². The third-order valence-corrected chi connectivity index (χ3v) is 8.03. The number of nitrogens with zero attached hydrogens (tertiary/aromatic N) is 2. The van der Waals surface area contributed by atoms with Crippen LogP contribution in [0, 0.1) is 20.8 Å². The van der Waals surface area contributed by atoms with Crippen LogP contribution in [0.2, 0.25) is 0 Å². The molecule has 3 aromatic rings. The largest absolute Gasteiger partial charge is 0.486 e. The van der Waals surface area contributed by atoms with Crippen LogP contribution in [0.5, 0.6) is 5.75 Å². The molecule has 0 N–H and O–H groups in total. The van der Waals surface area contributed by atoms with Gasteiger partial charge in [0.05, 0.1) is 17.1 Å². The van der Waals surface area contributed by atoms with Crippen LogP contribution in [-0.4, -0.2) is 23.7 Å². The molecule has 1 heterocycles. The van der Waals surface area contributed by atoms with Gasteiger partial charge in [0, 0.05) is 11.4 Å². The number of benzene rings is 2. The summed E-state index contributed by atoms with van der Waals surface area (Å²) >= 11 is 1.49. The molecular weight excluding hydrogens is 428 g/mol. The quantitative estimate of drug-likeness (QED) is 0.416. The van der Waals surface area contributed by atoms with Crippen molar-refractivity contribution in [2.24, 2.45) is 0 Å². The first kappa shape index (κ1) is 23.4. The molecule has 0 radical (unpaired) electrons. The van der Waals surface area contributed by atoms with Crippen LogP contribution in [0.15, 0.2) is 52.7 Å². The highest BCUT2D eigenvalue weighted by molar-refractivity contribution is 7.89. The van der Waals surface area contributed by atoms with E-state index in [2.05, 4.69) is 11.1 Å². The van der Waals surface area contributed by atoms with Crippen LogP contribution >= 0.6 is 11.3 Å². The summed E-state index contributed by atoms with van der Waals surface area (Å²) < 4.78 is 34.1. The maximum absolute atomic E-state index is 13.3. The molecule has 7 heteroatoms. The molecule has 2 aromatic carbocycles. The van der Waals surface area contributed by atoms with Gasteiger partial charge >= 0.3 is 0 Å². The molecule has 0 bridgehead atoms. The average Bonchev–Trinajstić information content (AvgIpc) is 3.17. The summed E-state index contributed by atoms with van der Waals surface area (Å²) in [4.78, 5) is 4.95. The molecule has 3 rings (SSSR count). The number of thiazole rings is 1. The van der Waals surface area contributed by atoms with Crippen LogP contribution in [0.1, 0.15) is 47.7 Å². The summed E-state index contributed by atoms with van der Waals surface area (Å²) in [6.07, 6.45) is 0.720. The molecule has 0 saturated carbocycles. The fraction of sp³-hybridized carbons (Fsp3) is 0.375. The van der Waals surface area contributed by atoms with E-state index in [1.807, 2.05) is 64.3 Å². The average molecular weight is 459 g/mol. The van der Waals surface area contributed by atoms with Crippen LogP contribution in [-0.2, 0) is 23.2 Å². The lowest BCUT2D eigenvalue weighted by atomic mass is 10.1. The van der Waals surface area contributed by atoms with Crippen molar-refractivity contribution < 1.29 is 13.2 Å². The number of sulfonamides is 1. The van der Waals surface area contributed by atoms with Gasteiger partial charge in [-0.15, -0.1) is 11.3 Å². The molecule has 5 nitrogen and oxygen atoms in total. The lowest BCUT2D eigenvalue weighted by Gasteiger charge is -2.27. The Labute approximate surface area is 189 Å². The number of aryl methyl sites for hydroxylation is 3. The second kappa shape index (κ2) is 9.94. The van der Waals surface area contributed by atoms with Crippen molar-refractivity contribution in [1.82, 2.24) is 9.29 Å². The van der Waals surface area contributed by atoms with Gasteiger partial charge in [-0.1, -0.05) is 30.7 Å². The smallest absolute Gasteiger partial charge is 0.243 e. The second-order valence-electron chi connectivity index (χ2n) is 7.97. The van der Waals surface area contributed by atoms with E-state index in [1.54, 1.807) is 16.4 Å². The molecule has 0 amide bonds. The molecular formula is C24H30N2O3S2. The van der Waals surface area contributed by atoms with E-state index >= 15 is 0 Å². The number of rotatable bonds is 9. The number of ether oxygens (including phenoxy) is 1. The van der Waals surface area contributed by atoms with Gasteiger partial charge in [-0.2, -0.15) is 4.31 Å². The Balaban J connectivity index is 1.75. The Morgan fingerprint density at radius 1 is 1.03 bits per heavy atom. The topological polar surface area (TPSA) is 59.5 Å². The molecule has 0 saturated heterocycles. The standard InChI is InChI=1S/C24H30N2O3S2/c1-6-20(5)26(31(27,28)23-9-7-17(2)8-10-23)14-21-16-30-24(25-21)15-29-22-12-18(3)11-19(4)13-22/h7-13,16,20H,6,14-15H2,1-5H3. The van der Waals surface area contributed by atoms with Crippen molar-refractivity contribution in [1.29, 1.82) is 0 Å². The summed E-state index contributed by atoms with van der Waals surface area (Å²) in [7, 11) is -3.62. The molecule has 1 aromatic heterocycles. The number of hydrogen-bond acceptors (Lipinski definition) is 5. The first-order chi connectivity index (χ1) is 14.7. The van der Waals surface area contributed by atoms with Gasteiger partial charge in [0.25, 0.3) is 0 Å². The van der Waals surface area contributed by atoms with Gasteiger partial charge in [-0.05, 0) is 69.5 Å². The summed E-state index contributed by atoms with van der Waals surface area (Å²) in [5.41, 5.74) is 4.07. The second-order valence-corrected chi connectivity index (χ2v) is 10.8. The van der Waals surface area contributed by atoms with E-state index in [1.165, 1.54) is 11.3 Å². The molecule has 0 fully saturated rings. The predicted molar refractivity (Wildman–Crippen MR) is 126 cm³/mol. The van der Waals surface area contributed by atoms with Gasteiger partial charge in [0.15, 0.2) is 0 Å². The monoisotopic (exact) mass is 458 g/mol. The summed E-state index contributed by atoms with van der Waals surface area (Å²) in [5, 5.41) is 2.74. The maximum atomic E-state index is 13.3. The molecule has 166 valence electrons. The molecule has 31 heavy (non-hydrogen) atoms. The third-order valence-electron chi connectivity index (χ3n) is 5.18. The minimum absolute atomic E-state index is 0.136. The van der Waals surface area contributed by atoms with E-state index in [-0.39, 0.29) is 12.6 Å². The Morgan fingerprint density at radius 2 is 1.68 bits per heavy atom. The highest BCUT2D eigenvalue weighted by Gasteiger charge is 2.29. The SMILES string of the molecule is CCC(C)N(Cc1csc(COc2cc(C)cc(C)c2)n1)S(=O)(=O)c1ccc(C)cc1. The van der Waals surface area contributed by atoms with Gasteiger partial charge in [0.2, 0.25) is 10.0 Å². The zero-order valence-electron chi connectivity index (χ0n) is 18.8. The van der Waals surface area contributed by atoms with E-state index < -0.39 is 10.0 Å². The molecule has 0 aliphatic rings. The minimum Gasteiger partial charge on any atom is -0.486 e. The van der Waals surface area contributed by atoms with E-state index in [0.29, 0.717) is 11.5 Å². The Bertz CT molecular complexity index is 1100. The number of hydrogen-bond donors (Lipinski definition) is 0. The van der Waals surface area contributed by atoms with Crippen molar-refractivity contribution in [2.45, 2.75) is 65.1 Å². The number of aromatic nitrogens is 1. The van der Waals surface area contributed by atoms with E-state index in [0.717, 1.165) is 39.6 Å². The Hall–Kier alpha value is -2.22. The Morgan fingerprint density at radius 3 is 2.29 bits per heavy atom. The van der Waals surface area contributed by atoms with Crippen molar-refractivity contribution in [3.05, 3.63) is 75.2 Å². The van der Waals surface area contributed by atoms with Gasteiger partial charge in [-0.3, -0.25) is 0 Å². The van der Waals surface area contributed by atoms with Crippen LogP contribution in [0.3, 0.4) is 0 Å². The first-order valence-corrected chi connectivity index (χ1v) is 12.7. The first-order valence-electron chi connectivity index (χ1n) is 10.4. The van der Waals surface area contributed by atoms with Gasteiger partial charge < -0.3 is 4.74 Å². The van der Waals surface area contributed by atoms with Gasteiger partial charge in [-0.25, -0.2) is 13.4 Å². The maximum Gasteiger partial charge on any atom is 0.243 e. The van der Waals surface area contributed by atoms with Crippen molar-refractivity contribution in [2.75, 3.05) is 0 Å². The lowest BCUT2D eigenvalue weighted by Crippen LogP contribution is -2.37.